The molecule has 1 aliphatic rings. The number of thioether (sulfide) groups is 1. The molecule has 1 fully saturated rings. The Morgan fingerprint density at radius 2 is 1.77 bits per heavy atom. The number of anilines is 1. The highest BCUT2D eigenvalue weighted by molar-refractivity contribution is 8.18. The van der Waals surface area contributed by atoms with Gasteiger partial charge in [0.2, 0.25) is 5.91 Å². The van der Waals surface area contributed by atoms with Crippen molar-refractivity contribution in [2.75, 3.05) is 11.9 Å². The van der Waals surface area contributed by atoms with E-state index in [0.717, 1.165) is 50.8 Å². The molecule has 3 aromatic rings. The van der Waals surface area contributed by atoms with Crippen LogP contribution in [-0.2, 0) is 16.1 Å². The van der Waals surface area contributed by atoms with Crippen LogP contribution in [0.3, 0.4) is 0 Å². The summed E-state index contributed by atoms with van der Waals surface area (Å²) in [4.78, 5) is 39.2. The Hall–Kier alpha value is -3.32. The van der Waals surface area contributed by atoms with Gasteiger partial charge in [0.05, 0.1) is 4.91 Å². The van der Waals surface area contributed by atoms with Gasteiger partial charge in [-0.15, -0.1) is 0 Å². The first kappa shape index (κ1) is 20.9. The van der Waals surface area contributed by atoms with Crippen molar-refractivity contribution in [1.29, 1.82) is 0 Å². The second kappa shape index (κ2) is 8.43. The van der Waals surface area contributed by atoms with E-state index >= 15 is 0 Å². The molecule has 6 nitrogen and oxygen atoms in total. The van der Waals surface area contributed by atoms with Crippen LogP contribution in [0.5, 0.6) is 0 Å². The Morgan fingerprint density at radius 3 is 2.48 bits per heavy atom. The number of para-hydroxylation sites is 2. The fraction of sp³-hybridized carbons (Fsp3) is 0.208. The van der Waals surface area contributed by atoms with E-state index in [1.807, 2.05) is 62.5 Å². The third-order valence-corrected chi connectivity index (χ3v) is 6.27. The molecule has 2 heterocycles. The molecule has 7 heteroatoms. The maximum Gasteiger partial charge on any atom is 0.294 e. The molecule has 0 aliphatic carbocycles. The summed E-state index contributed by atoms with van der Waals surface area (Å²) in [7, 11) is 0. The summed E-state index contributed by atoms with van der Waals surface area (Å²) in [6, 6.07) is 13.7. The second-order valence-electron chi connectivity index (χ2n) is 7.47. The van der Waals surface area contributed by atoms with Gasteiger partial charge in [-0.2, -0.15) is 0 Å². The van der Waals surface area contributed by atoms with Gasteiger partial charge in [0.25, 0.3) is 11.1 Å². The minimum atomic E-state index is -0.444. The number of fused-ring (bicyclic) bond motifs is 1. The Labute approximate surface area is 184 Å². The maximum atomic E-state index is 12.9. The summed E-state index contributed by atoms with van der Waals surface area (Å²) in [5.74, 6) is -0.844. The lowest BCUT2D eigenvalue weighted by Crippen LogP contribution is -2.36. The van der Waals surface area contributed by atoms with Crippen molar-refractivity contribution in [2.45, 2.75) is 27.3 Å². The highest BCUT2D eigenvalue weighted by atomic mass is 32.2. The highest BCUT2D eigenvalue weighted by Gasteiger charge is 2.36. The molecule has 158 valence electrons. The normalized spacial score (nSPS) is 15.3. The topological polar surface area (TPSA) is 71.4 Å². The van der Waals surface area contributed by atoms with E-state index in [1.54, 1.807) is 6.08 Å². The zero-order chi connectivity index (χ0) is 22.1. The van der Waals surface area contributed by atoms with Crippen LogP contribution in [0.25, 0.3) is 17.0 Å². The van der Waals surface area contributed by atoms with Crippen molar-refractivity contribution in [2.24, 2.45) is 0 Å². The summed E-state index contributed by atoms with van der Waals surface area (Å²) < 4.78 is 2.10. The molecular weight excluding hydrogens is 410 g/mol. The molecule has 3 amide bonds. The molecule has 31 heavy (non-hydrogen) atoms. The molecule has 0 saturated carbocycles. The van der Waals surface area contributed by atoms with E-state index in [0.29, 0.717) is 10.6 Å². The fourth-order valence-corrected chi connectivity index (χ4v) is 4.59. The van der Waals surface area contributed by atoms with Crippen LogP contribution in [-0.4, -0.2) is 33.1 Å². The number of carbonyl (C=O) groups excluding carboxylic acids is 3. The molecule has 4 rings (SSSR count). The number of aryl methyl sites for hydroxylation is 3. The molecule has 1 aliphatic heterocycles. The predicted molar refractivity (Wildman–Crippen MR) is 125 cm³/mol. The Bertz CT molecular complexity index is 1220. The molecular formula is C24H23N3O3S. The van der Waals surface area contributed by atoms with Crippen LogP contribution >= 0.6 is 11.8 Å². The van der Waals surface area contributed by atoms with E-state index < -0.39 is 17.1 Å². The number of aromatic nitrogens is 1. The van der Waals surface area contributed by atoms with Crippen molar-refractivity contribution in [3.05, 3.63) is 70.3 Å². The van der Waals surface area contributed by atoms with Crippen LogP contribution in [0.4, 0.5) is 10.5 Å². The number of hydrogen-bond donors (Lipinski definition) is 1. The molecule has 0 bridgehead atoms. The van der Waals surface area contributed by atoms with Gasteiger partial charge in [-0.25, -0.2) is 0 Å². The zero-order valence-corrected chi connectivity index (χ0v) is 18.5. The largest absolute Gasteiger partial charge is 0.347 e. The summed E-state index contributed by atoms with van der Waals surface area (Å²) >= 11 is 0.866. The van der Waals surface area contributed by atoms with E-state index in [4.69, 9.17) is 0 Å². The first-order valence-corrected chi connectivity index (χ1v) is 10.9. The fourth-order valence-electron chi connectivity index (χ4n) is 3.76. The minimum absolute atomic E-state index is 0.313. The molecule has 1 saturated heterocycles. The predicted octanol–water partition coefficient (Wildman–Crippen LogP) is 4.95. The summed E-state index contributed by atoms with van der Waals surface area (Å²) in [5.41, 5.74) is 4.51. The molecule has 0 atom stereocenters. The summed E-state index contributed by atoms with van der Waals surface area (Å²) in [6.45, 7) is 6.34. The van der Waals surface area contributed by atoms with E-state index in [-0.39, 0.29) is 6.54 Å². The van der Waals surface area contributed by atoms with Crippen molar-refractivity contribution < 1.29 is 14.4 Å². The van der Waals surface area contributed by atoms with Crippen molar-refractivity contribution in [1.82, 2.24) is 9.47 Å². The van der Waals surface area contributed by atoms with Gasteiger partial charge >= 0.3 is 0 Å². The van der Waals surface area contributed by atoms with E-state index in [2.05, 4.69) is 16.8 Å². The molecule has 0 radical (unpaired) electrons. The third kappa shape index (κ3) is 4.01. The first-order valence-electron chi connectivity index (χ1n) is 10.1. The number of rotatable bonds is 5. The molecule has 1 N–H and O–H groups in total. The lowest BCUT2D eigenvalue weighted by atomic mass is 10.1. The Kier molecular flexibility index (Phi) is 5.69. The molecule has 0 unspecified atom stereocenters. The summed E-state index contributed by atoms with van der Waals surface area (Å²) in [6.07, 6.45) is 3.72. The number of imide groups is 1. The maximum absolute atomic E-state index is 12.9. The van der Waals surface area contributed by atoms with Crippen molar-refractivity contribution in [3.8, 4) is 0 Å². The van der Waals surface area contributed by atoms with Gasteiger partial charge in [-0.3, -0.25) is 19.3 Å². The van der Waals surface area contributed by atoms with Crippen molar-refractivity contribution in [3.63, 3.8) is 0 Å². The van der Waals surface area contributed by atoms with E-state index in [1.165, 1.54) is 0 Å². The average molecular weight is 434 g/mol. The van der Waals surface area contributed by atoms with Crippen LogP contribution in [0, 0.1) is 13.8 Å². The number of hydrogen-bond acceptors (Lipinski definition) is 4. The number of nitrogens with zero attached hydrogens (tertiary/aromatic N) is 2. The number of nitrogens with one attached hydrogen (secondary N) is 1. The van der Waals surface area contributed by atoms with Gasteiger partial charge in [0.1, 0.15) is 6.54 Å². The minimum Gasteiger partial charge on any atom is -0.347 e. The summed E-state index contributed by atoms with van der Waals surface area (Å²) in [5, 5.41) is 3.41. The second-order valence-corrected chi connectivity index (χ2v) is 8.46. The average Bonchev–Trinajstić information content (AvgIpc) is 3.23. The monoisotopic (exact) mass is 433 g/mol. The SMILES string of the molecule is CCn1cc(/C=C2\SC(=O)N(CC(=O)Nc3c(C)cccc3C)C2=O)c2ccccc21. The number of amides is 3. The standard InChI is InChI=1S/C24H23N3O3S/c1-4-26-13-17(18-10-5-6-11-19(18)26)12-20-23(29)27(24(30)31-20)14-21(28)25-22-15(2)8-7-9-16(22)3/h5-13H,4,14H2,1-3H3,(H,25,28)/b20-12-. The van der Waals surface area contributed by atoms with Gasteiger partial charge in [-0.1, -0.05) is 36.4 Å². The number of benzene rings is 2. The van der Waals surface area contributed by atoms with Gasteiger partial charge in [0.15, 0.2) is 0 Å². The van der Waals surface area contributed by atoms with Crippen LogP contribution < -0.4 is 5.32 Å². The Balaban J connectivity index is 1.55. The molecule has 0 spiro atoms. The first-order chi connectivity index (χ1) is 14.9. The Morgan fingerprint density at radius 1 is 1.06 bits per heavy atom. The van der Waals surface area contributed by atoms with Gasteiger partial charge < -0.3 is 9.88 Å². The lowest BCUT2D eigenvalue weighted by molar-refractivity contribution is -0.127. The van der Waals surface area contributed by atoms with Crippen molar-refractivity contribution >= 4 is 51.5 Å². The van der Waals surface area contributed by atoms with E-state index in [9.17, 15) is 14.4 Å². The highest BCUT2D eigenvalue weighted by Crippen LogP contribution is 2.34. The zero-order valence-electron chi connectivity index (χ0n) is 17.6. The smallest absolute Gasteiger partial charge is 0.294 e. The molecule has 1 aromatic heterocycles. The quantitative estimate of drug-likeness (QED) is 0.578. The lowest BCUT2D eigenvalue weighted by Gasteiger charge is -2.15. The van der Waals surface area contributed by atoms with Crippen LogP contribution in [0.2, 0.25) is 0 Å². The van der Waals surface area contributed by atoms with Gasteiger partial charge in [-0.05, 0) is 55.8 Å². The third-order valence-electron chi connectivity index (χ3n) is 5.37. The van der Waals surface area contributed by atoms with Gasteiger partial charge in [0, 0.05) is 34.9 Å². The van der Waals surface area contributed by atoms with Crippen LogP contribution in [0.1, 0.15) is 23.6 Å². The molecule has 2 aromatic carbocycles. The van der Waals surface area contributed by atoms with Crippen LogP contribution in [0.15, 0.2) is 53.6 Å². The number of carbonyl (C=O) groups is 3.